The van der Waals surface area contributed by atoms with Gasteiger partial charge in [0, 0.05) is 56.8 Å². The van der Waals surface area contributed by atoms with Gasteiger partial charge in [-0.05, 0) is 55.0 Å². The summed E-state index contributed by atoms with van der Waals surface area (Å²) >= 11 is 0. The summed E-state index contributed by atoms with van der Waals surface area (Å²) in [7, 11) is 1.76. The van der Waals surface area contributed by atoms with Crippen molar-refractivity contribution in [3.63, 3.8) is 0 Å². The second kappa shape index (κ2) is 8.20. The summed E-state index contributed by atoms with van der Waals surface area (Å²) in [6, 6.07) is 15.4. The number of halogens is 1. The molecule has 2 aliphatic rings. The van der Waals surface area contributed by atoms with Gasteiger partial charge in [-0.25, -0.2) is 14.4 Å². The Balaban J connectivity index is 1.41. The Labute approximate surface area is 191 Å². The fourth-order valence-corrected chi connectivity index (χ4v) is 5.15. The maximum absolute atomic E-state index is 13.6. The first kappa shape index (κ1) is 20.3. The molecule has 168 valence electrons. The standard InChI is InChI=1S/C25H25FN6O/c1-33-13-12-30-15-21-14-20(30)16-31(21)23-7-6-22-25(29-23)32(19-8-10-27-11-9-19)24(28-22)17-2-4-18(26)5-3-17/h2-11,20-21H,12-16H2,1H3. The molecule has 4 aromatic rings. The van der Waals surface area contributed by atoms with E-state index in [-0.39, 0.29) is 5.82 Å². The molecule has 8 heteroatoms. The molecule has 33 heavy (non-hydrogen) atoms. The molecular formula is C25H25FN6O. The van der Waals surface area contributed by atoms with Crippen molar-refractivity contribution in [3.05, 3.63) is 66.7 Å². The molecule has 5 heterocycles. The van der Waals surface area contributed by atoms with Gasteiger partial charge in [-0.15, -0.1) is 0 Å². The number of methoxy groups -OCH3 is 1. The first-order valence-corrected chi connectivity index (χ1v) is 11.3. The summed E-state index contributed by atoms with van der Waals surface area (Å²) in [6.07, 6.45) is 4.68. The first-order valence-electron chi connectivity index (χ1n) is 11.3. The van der Waals surface area contributed by atoms with E-state index in [9.17, 15) is 4.39 Å². The maximum atomic E-state index is 13.6. The van der Waals surface area contributed by atoms with E-state index in [1.807, 2.05) is 22.8 Å². The lowest BCUT2D eigenvalue weighted by molar-refractivity contribution is 0.136. The SMILES string of the molecule is COCCN1CC2CC1CN2c1ccc2nc(-c3ccc(F)cc3)n(-c3ccncc3)c2n1. The predicted octanol–water partition coefficient (Wildman–Crippen LogP) is 3.53. The van der Waals surface area contributed by atoms with Gasteiger partial charge in [0.15, 0.2) is 5.65 Å². The van der Waals surface area contributed by atoms with E-state index in [4.69, 9.17) is 14.7 Å². The van der Waals surface area contributed by atoms with E-state index < -0.39 is 0 Å². The minimum atomic E-state index is -0.269. The largest absolute Gasteiger partial charge is 0.383 e. The second-order valence-corrected chi connectivity index (χ2v) is 8.68. The highest BCUT2D eigenvalue weighted by Crippen LogP contribution is 2.35. The van der Waals surface area contributed by atoms with Crippen molar-refractivity contribution in [1.29, 1.82) is 0 Å². The number of rotatable bonds is 6. The molecule has 2 unspecified atom stereocenters. The van der Waals surface area contributed by atoms with E-state index in [0.717, 1.165) is 66.7 Å². The van der Waals surface area contributed by atoms with E-state index in [1.54, 1.807) is 31.6 Å². The molecule has 7 nitrogen and oxygen atoms in total. The van der Waals surface area contributed by atoms with Crippen LogP contribution in [-0.2, 0) is 4.74 Å². The highest BCUT2D eigenvalue weighted by atomic mass is 19.1. The Morgan fingerprint density at radius 1 is 0.970 bits per heavy atom. The molecule has 0 N–H and O–H groups in total. The Kier molecular flexibility index (Phi) is 5.04. The van der Waals surface area contributed by atoms with Crippen LogP contribution in [0.2, 0.25) is 0 Å². The van der Waals surface area contributed by atoms with Gasteiger partial charge < -0.3 is 9.64 Å². The molecule has 0 saturated carbocycles. The van der Waals surface area contributed by atoms with Crippen molar-refractivity contribution >= 4 is 17.0 Å². The quantitative estimate of drug-likeness (QED) is 0.454. The number of fused-ring (bicyclic) bond motifs is 3. The van der Waals surface area contributed by atoms with Crippen LogP contribution in [0.1, 0.15) is 6.42 Å². The minimum Gasteiger partial charge on any atom is -0.383 e. The number of ether oxygens (including phenoxy) is 1. The molecule has 6 rings (SSSR count). The first-order chi connectivity index (χ1) is 16.2. The molecule has 2 bridgehead atoms. The zero-order valence-corrected chi connectivity index (χ0v) is 18.4. The van der Waals surface area contributed by atoms with Crippen molar-refractivity contribution in [3.8, 4) is 17.1 Å². The van der Waals surface area contributed by atoms with Crippen molar-refractivity contribution in [2.24, 2.45) is 0 Å². The van der Waals surface area contributed by atoms with Gasteiger partial charge in [0.1, 0.15) is 23.0 Å². The molecule has 0 spiro atoms. The molecular weight excluding hydrogens is 419 g/mol. The lowest BCUT2D eigenvalue weighted by Crippen LogP contribution is -2.47. The van der Waals surface area contributed by atoms with Crippen molar-refractivity contribution in [1.82, 2.24) is 24.4 Å². The smallest absolute Gasteiger partial charge is 0.167 e. The lowest BCUT2D eigenvalue weighted by Gasteiger charge is -2.34. The van der Waals surface area contributed by atoms with E-state index in [2.05, 4.69) is 20.9 Å². The van der Waals surface area contributed by atoms with Gasteiger partial charge in [0.2, 0.25) is 0 Å². The fourth-order valence-electron chi connectivity index (χ4n) is 5.15. The Morgan fingerprint density at radius 2 is 1.79 bits per heavy atom. The molecule has 2 aliphatic heterocycles. The topological polar surface area (TPSA) is 59.3 Å². The van der Waals surface area contributed by atoms with Crippen LogP contribution in [0.5, 0.6) is 0 Å². The van der Waals surface area contributed by atoms with Crippen LogP contribution < -0.4 is 4.90 Å². The minimum absolute atomic E-state index is 0.269. The Bertz CT molecular complexity index is 1280. The molecule has 0 radical (unpaired) electrons. The highest BCUT2D eigenvalue weighted by molar-refractivity contribution is 5.81. The fraction of sp³-hybridized carbons (Fsp3) is 0.320. The summed E-state index contributed by atoms with van der Waals surface area (Å²) in [5, 5.41) is 0. The molecule has 0 aliphatic carbocycles. The number of hydrogen-bond donors (Lipinski definition) is 0. The van der Waals surface area contributed by atoms with Crippen molar-refractivity contribution in [2.75, 3.05) is 38.3 Å². The van der Waals surface area contributed by atoms with Crippen molar-refractivity contribution < 1.29 is 9.13 Å². The molecule has 2 atom stereocenters. The number of piperazine rings is 1. The van der Waals surface area contributed by atoms with Gasteiger partial charge in [0.25, 0.3) is 0 Å². The molecule has 3 aromatic heterocycles. The highest BCUT2D eigenvalue weighted by Gasteiger charge is 2.43. The van der Waals surface area contributed by atoms with E-state index in [1.165, 1.54) is 12.1 Å². The zero-order chi connectivity index (χ0) is 22.4. The maximum Gasteiger partial charge on any atom is 0.167 e. The monoisotopic (exact) mass is 444 g/mol. The summed E-state index contributed by atoms with van der Waals surface area (Å²) < 4.78 is 20.9. The molecule has 2 saturated heterocycles. The summed E-state index contributed by atoms with van der Waals surface area (Å²) in [4.78, 5) is 19.1. The van der Waals surface area contributed by atoms with Crippen LogP contribution >= 0.6 is 0 Å². The van der Waals surface area contributed by atoms with Crippen LogP contribution in [-0.4, -0.2) is 69.9 Å². The van der Waals surface area contributed by atoms with Crippen LogP contribution in [0.3, 0.4) is 0 Å². The number of likely N-dealkylation sites (tertiary alicyclic amines) is 1. The normalized spacial score (nSPS) is 20.2. The van der Waals surface area contributed by atoms with Crippen LogP contribution in [0, 0.1) is 5.82 Å². The van der Waals surface area contributed by atoms with Gasteiger partial charge in [-0.2, -0.15) is 0 Å². The summed E-state index contributed by atoms with van der Waals surface area (Å²) in [6.45, 7) is 3.76. The molecule has 1 aromatic carbocycles. The third-order valence-electron chi connectivity index (χ3n) is 6.74. The zero-order valence-electron chi connectivity index (χ0n) is 18.4. The van der Waals surface area contributed by atoms with Gasteiger partial charge in [-0.1, -0.05) is 0 Å². The van der Waals surface area contributed by atoms with Crippen LogP contribution in [0.15, 0.2) is 60.9 Å². The summed E-state index contributed by atoms with van der Waals surface area (Å²) in [5.74, 6) is 1.44. The van der Waals surface area contributed by atoms with Crippen LogP contribution in [0.4, 0.5) is 10.2 Å². The summed E-state index contributed by atoms with van der Waals surface area (Å²) in [5.41, 5.74) is 3.35. The Hall–Kier alpha value is -3.36. The number of benzene rings is 1. The number of imidazole rings is 1. The Morgan fingerprint density at radius 3 is 2.52 bits per heavy atom. The van der Waals surface area contributed by atoms with E-state index >= 15 is 0 Å². The van der Waals surface area contributed by atoms with E-state index in [0.29, 0.717) is 12.1 Å². The number of pyridine rings is 2. The average Bonchev–Trinajstić information content (AvgIpc) is 3.55. The lowest BCUT2D eigenvalue weighted by atomic mass is 10.2. The van der Waals surface area contributed by atoms with Crippen LogP contribution in [0.25, 0.3) is 28.2 Å². The molecule has 2 fully saturated rings. The number of nitrogens with zero attached hydrogens (tertiary/aromatic N) is 6. The number of anilines is 1. The van der Waals surface area contributed by atoms with Gasteiger partial charge in [-0.3, -0.25) is 14.5 Å². The van der Waals surface area contributed by atoms with Gasteiger partial charge in [0.05, 0.1) is 12.3 Å². The third kappa shape index (κ3) is 3.55. The number of hydrogen-bond acceptors (Lipinski definition) is 6. The molecule has 0 amide bonds. The average molecular weight is 445 g/mol. The van der Waals surface area contributed by atoms with Gasteiger partial charge >= 0.3 is 0 Å². The second-order valence-electron chi connectivity index (χ2n) is 8.68. The third-order valence-corrected chi connectivity index (χ3v) is 6.74. The van der Waals surface area contributed by atoms with Crippen molar-refractivity contribution in [2.45, 2.75) is 18.5 Å². The predicted molar refractivity (Wildman–Crippen MR) is 125 cm³/mol. The number of aromatic nitrogens is 4.